The Morgan fingerprint density at radius 1 is 1.46 bits per heavy atom. The number of allylic oxidation sites excluding steroid dienone is 1. The molecule has 74 valence electrons. The summed E-state index contributed by atoms with van der Waals surface area (Å²) in [4.78, 5) is 11.3. The third-order valence-electron chi connectivity index (χ3n) is 2.07. The zero-order chi connectivity index (χ0) is 9.52. The lowest BCUT2D eigenvalue weighted by Gasteiger charge is -2.11. The number of esters is 1. The molecule has 1 aliphatic carbocycles. The van der Waals surface area contributed by atoms with Crippen LogP contribution >= 0.6 is 0 Å². The fraction of sp³-hybridized carbons (Fsp3) is 0.700. The standard InChI is InChI=1S/C10H16O3/c1-12-7-8-13-10(11)9-5-3-2-4-6-9/h5H,2-4,6-8H2,1H3. The first-order valence-corrected chi connectivity index (χ1v) is 4.69. The van der Waals surface area contributed by atoms with Crippen molar-refractivity contribution in [1.82, 2.24) is 0 Å². The molecule has 1 rings (SSSR count). The van der Waals surface area contributed by atoms with E-state index in [4.69, 9.17) is 9.47 Å². The molecule has 1 aliphatic rings. The maximum absolute atomic E-state index is 11.3. The van der Waals surface area contributed by atoms with Crippen molar-refractivity contribution in [3.8, 4) is 0 Å². The van der Waals surface area contributed by atoms with Crippen LogP contribution in [0.2, 0.25) is 0 Å². The lowest BCUT2D eigenvalue weighted by molar-refractivity contribution is -0.140. The molecule has 3 nitrogen and oxygen atoms in total. The molecule has 0 saturated heterocycles. The van der Waals surface area contributed by atoms with E-state index in [1.807, 2.05) is 6.08 Å². The lowest BCUT2D eigenvalue weighted by atomic mass is 10.00. The second kappa shape index (κ2) is 5.75. The fourth-order valence-corrected chi connectivity index (χ4v) is 1.33. The molecule has 0 unspecified atom stereocenters. The van der Waals surface area contributed by atoms with Crippen LogP contribution in [0.25, 0.3) is 0 Å². The van der Waals surface area contributed by atoms with Gasteiger partial charge in [0.1, 0.15) is 6.61 Å². The van der Waals surface area contributed by atoms with Crippen molar-refractivity contribution >= 4 is 5.97 Å². The van der Waals surface area contributed by atoms with E-state index in [0.717, 1.165) is 24.8 Å². The molecule has 0 aromatic carbocycles. The molecule has 13 heavy (non-hydrogen) atoms. The minimum Gasteiger partial charge on any atom is -0.460 e. The average Bonchev–Trinajstić information content (AvgIpc) is 2.19. The van der Waals surface area contributed by atoms with Crippen LogP contribution in [0.15, 0.2) is 11.6 Å². The van der Waals surface area contributed by atoms with Crippen LogP contribution in [-0.2, 0) is 14.3 Å². The SMILES string of the molecule is COCCOC(=O)C1=CCCCC1. The summed E-state index contributed by atoms with van der Waals surface area (Å²) in [6, 6.07) is 0. The van der Waals surface area contributed by atoms with E-state index in [-0.39, 0.29) is 5.97 Å². The van der Waals surface area contributed by atoms with Gasteiger partial charge in [0.2, 0.25) is 0 Å². The molecule has 0 radical (unpaired) electrons. The van der Waals surface area contributed by atoms with Crippen LogP contribution < -0.4 is 0 Å². The molecule has 0 amide bonds. The van der Waals surface area contributed by atoms with Gasteiger partial charge in [0.05, 0.1) is 6.61 Å². The Morgan fingerprint density at radius 3 is 2.92 bits per heavy atom. The Bertz CT molecular complexity index is 196. The van der Waals surface area contributed by atoms with Crippen molar-refractivity contribution in [2.45, 2.75) is 25.7 Å². The van der Waals surface area contributed by atoms with Gasteiger partial charge in [-0.15, -0.1) is 0 Å². The minimum absolute atomic E-state index is 0.170. The largest absolute Gasteiger partial charge is 0.460 e. The van der Waals surface area contributed by atoms with Crippen molar-refractivity contribution in [1.29, 1.82) is 0 Å². The summed E-state index contributed by atoms with van der Waals surface area (Å²) in [5, 5.41) is 0. The number of hydrogen-bond acceptors (Lipinski definition) is 3. The zero-order valence-corrected chi connectivity index (χ0v) is 8.04. The normalized spacial score (nSPS) is 16.5. The van der Waals surface area contributed by atoms with Gasteiger partial charge in [0, 0.05) is 12.7 Å². The maximum atomic E-state index is 11.3. The van der Waals surface area contributed by atoms with Gasteiger partial charge in [-0.1, -0.05) is 6.08 Å². The van der Waals surface area contributed by atoms with Gasteiger partial charge < -0.3 is 9.47 Å². The Morgan fingerprint density at radius 2 is 2.31 bits per heavy atom. The van der Waals surface area contributed by atoms with Gasteiger partial charge in [-0.2, -0.15) is 0 Å². The number of ether oxygens (including phenoxy) is 2. The first-order valence-electron chi connectivity index (χ1n) is 4.69. The molecule has 0 heterocycles. The number of carbonyl (C=O) groups excluding carboxylic acids is 1. The summed E-state index contributed by atoms with van der Waals surface area (Å²) < 4.78 is 9.77. The molecular weight excluding hydrogens is 168 g/mol. The third-order valence-corrected chi connectivity index (χ3v) is 2.07. The summed E-state index contributed by atoms with van der Waals surface area (Å²) >= 11 is 0. The summed E-state index contributed by atoms with van der Waals surface area (Å²) in [5.74, 6) is -0.170. The van der Waals surface area contributed by atoms with Gasteiger partial charge in [-0.3, -0.25) is 0 Å². The highest BCUT2D eigenvalue weighted by molar-refractivity contribution is 5.88. The zero-order valence-electron chi connectivity index (χ0n) is 8.04. The molecule has 0 saturated carbocycles. The van der Waals surface area contributed by atoms with Crippen LogP contribution in [0, 0.1) is 0 Å². The number of methoxy groups -OCH3 is 1. The fourth-order valence-electron chi connectivity index (χ4n) is 1.33. The Kier molecular flexibility index (Phi) is 4.54. The molecule has 0 atom stereocenters. The van der Waals surface area contributed by atoms with Crippen LogP contribution in [0.1, 0.15) is 25.7 Å². The summed E-state index contributed by atoms with van der Waals surface area (Å²) in [6.45, 7) is 0.825. The highest BCUT2D eigenvalue weighted by Crippen LogP contribution is 2.18. The van der Waals surface area contributed by atoms with E-state index in [1.165, 1.54) is 6.42 Å². The summed E-state index contributed by atoms with van der Waals surface area (Å²) in [5.41, 5.74) is 0.836. The minimum atomic E-state index is -0.170. The molecule has 0 N–H and O–H groups in total. The molecular formula is C10H16O3. The molecule has 0 bridgehead atoms. The van der Waals surface area contributed by atoms with Gasteiger partial charge in [0.25, 0.3) is 0 Å². The molecule has 0 aromatic rings. The first kappa shape index (κ1) is 10.3. The maximum Gasteiger partial charge on any atom is 0.333 e. The predicted octanol–water partition coefficient (Wildman–Crippen LogP) is 1.68. The average molecular weight is 184 g/mol. The van der Waals surface area contributed by atoms with Crippen LogP contribution in [0.5, 0.6) is 0 Å². The topological polar surface area (TPSA) is 35.5 Å². The first-order chi connectivity index (χ1) is 6.34. The molecule has 0 spiro atoms. The van der Waals surface area contributed by atoms with E-state index in [1.54, 1.807) is 7.11 Å². The Balaban J connectivity index is 2.25. The van der Waals surface area contributed by atoms with E-state index in [0.29, 0.717) is 13.2 Å². The van der Waals surface area contributed by atoms with Gasteiger partial charge in [-0.25, -0.2) is 4.79 Å². The molecule has 0 fully saturated rings. The third kappa shape index (κ3) is 3.59. The van der Waals surface area contributed by atoms with E-state index >= 15 is 0 Å². The second-order valence-electron chi connectivity index (χ2n) is 3.10. The van der Waals surface area contributed by atoms with Gasteiger partial charge >= 0.3 is 5.97 Å². The van der Waals surface area contributed by atoms with Crippen LogP contribution in [0.4, 0.5) is 0 Å². The highest BCUT2D eigenvalue weighted by atomic mass is 16.6. The van der Waals surface area contributed by atoms with Gasteiger partial charge in [-0.05, 0) is 25.7 Å². The van der Waals surface area contributed by atoms with Crippen molar-refractivity contribution in [2.75, 3.05) is 20.3 Å². The van der Waals surface area contributed by atoms with E-state index < -0.39 is 0 Å². The number of hydrogen-bond donors (Lipinski definition) is 0. The van der Waals surface area contributed by atoms with Gasteiger partial charge in [0.15, 0.2) is 0 Å². The van der Waals surface area contributed by atoms with Crippen molar-refractivity contribution in [3.63, 3.8) is 0 Å². The molecule has 3 heteroatoms. The van der Waals surface area contributed by atoms with Crippen molar-refractivity contribution < 1.29 is 14.3 Å². The molecule has 0 aromatic heterocycles. The van der Waals surface area contributed by atoms with Crippen molar-refractivity contribution in [3.05, 3.63) is 11.6 Å². The Labute approximate surface area is 78.7 Å². The number of rotatable bonds is 4. The second-order valence-corrected chi connectivity index (χ2v) is 3.10. The lowest BCUT2D eigenvalue weighted by Crippen LogP contribution is -2.13. The monoisotopic (exact) mass is 184 g/mol. The summed E-state index contributed by atoms with van der Waals surface area (Å²) in [7, 11) is 1.59. The quantitative estimate of drug-likeness (QED) is 0.492. The van der Waals surface area contributed by atoms with E-state index in [9.17, 15) is 4.79 Å². The van der Waals surface area contributed by atoms with Crippen molar-refractivity contribution in [2.24, 2.45) is 0 Å². The molecule has 0 aliphatic heterocycles. The summed E-state index contributed by atoms with van der Waals surface area (Å²) in [6.07, 6.45) is 6.15. The highest BCUT2D eigenvalue weighted by Gasteiger charge is 2.12. The van der Waals surface area contributed by atoms with Crippen LogP contribution in [0.3, 0.4) is 0 Å². The van der Waals surface area contributed by atoms with E-state index in [2.05, 4.69) is 0 Å². The van der Waals surface area contributed by atoms with Crippen LogP contribution in [-0.4, -0.2) is 26.3 Å². The Hall–Kier alpha value is -0.830. The smallest absolute Gasteiger partial charge is 0.333 e. The number of carbonyl (C=O) groups is 1. The predicted molar refractivity (Wildman–Crippen MR) is 49.4 cm³/mol.